The zero-order chi connectivity index (χ0) is 10.1. The monoisotopic (exact) mass is 184 g/mol. The van der Waals surface area contributed by atoms with Gasteiger partial charge in [0.25, 0.3) is 0 Å². The van der Waals surface area contributed by atoms with Gasteiger partial charge in [-0.2, -0.15) is 0 Å². The number of carboxylic acid groups (broad SMARTS) is 1. The molecule has 0 N–H and O–H groups in total. The largest absolute Gasteiger partial charge is 1.00 e. The Hall–Kier alpha value is -0.713. The van der Waals surface area contributed by atoms with Gasteiger partial charge in [-0.3, -0.25) is 0 Å². The number of carbonyl (C=O) groups excluding carboxylic acids is 1. The van der Waals surface area contributed by atoms with Crippen LogP contribution >= 0.6 is 0 Å². The van der Waals surface area contributed by atoms with E-state index >= 15 is 0 Å². The smallest absolute Gasteiger partial charge is 0.545 e. The normalized spacial score (nSPS) is 10.5. The van der Waals surface area contributed by atoms with E-state index in [2.05, 4.69) is 20.8 Å². The van der Waals surface area contributed by atoms with Crippen LogP contribution in [0, 0.1) is 0 Å². The second-order valence-corrected chi connectivity index (χ2v) is 4.11. The first-order valence-corrected chi connectivity index (χ1v) is 4.23. The standard InChI is InChI=1S/C11H14O2.Li/c1-11(2,3)9-6-4-8(5-7-9)10(12)13;/h4-7H,1-3H3,(H,12,13);/q;+1/p-1. The number of hydrogen-bond donors (Lipinski definition) is 0. The summed E-state index contributed by atoms with van der Waals surface area (Å²) in [6.07, 6.45) is 0. The van der Waals surface area contributed by atoms with Crippen molar-refractivity contribution in [1.82, 2.24) is 0 Å². The zero-order valence-corrected chi connectivity index (χ0v) is 9.13. The third-order valence-electron chi connectivity index (χ3n) is 1.99. The van der Waals surface area contributed by atoms with E-state index in [0.29, 0.717) is 0 Å². The maximum absolute atomic E-state index is 10.5. The maximum atomic E-state index is 10.5. The summed E-state index contributed by atoms with van der Waals surface area (Å²) in [5, 5.41) is 10.5. The quantitative estimate of drug-likeness (QED) is 0.491. The average Bonchev–Trinajstić information content (AvgIpc) is 2.03. The van der Waals surface area contributed by atoms with E-state index < -0.39 is 5.97 Å². The van der Waals surface area contributed by atoms with E-state index in [0.717, 1.165) is 5.56 Å². The number of hydrogen-bond acceptors (Lipinski definition) is 2. The third-order valence-corrected chi connectivity index (χ3v) is 1.99. The Labute approximate surface area is 96.5 Å². The second-order valence-electron chi connectivity index (χ2n) is 4.11. The minimum atomic E-state index is -1.12. The van der Waals surface area contributed by atoms with Gasteiger partial charge in [-0.15, -0.1) is 0 Å². The van der Waals surface area contributed by atoms with Gasteiger partial charge in [-0.05, 0) is 16.5 Å². The summed E-state index contributed by atoms with van der Waals surface area (Å²) < 4.78 is 0. The van der Waals surface area contributed by atoms with Crippen LogP contribution in [0.15, 0.2) is 24.3 Å². The Morgan fingerprint density at radius 3 is 1.86 bits per heavy atom. The van der Waals surface area contributed by atoms with E-state index in [1.807, 2.05) is 12.1 Å². The fraction of sp³-hybridized carbons (Fsp3) is 0.364. The molecule has 0 aliphatic rings. The predicted molar refractivity (Wildman–Crippen MR) is 49.5 cm³/mol. The van der Waals surface area contributed by atoms with Gasteiger partial charge in [-0.1, -0.05) is 45.0 Å². The zero-order valence-electron chi connectivity index (χ0n) is 9.13. The van der Waals surface area contributed by atoms with Crippen molar-refractivity contribution in [1.29, 1.82) is 0 Å². The number of carbonyl (C=O) groups is 1. The summed E-state index contributed by atoms with van der Waals surface area (Å²) in [5.74, 6) is -1.12. The van der Waals surface area contributed by atoms with Crippen molar-refractivity contribution in [2.24, 2.45) is 0 Å². The Balaban J connectivity index is 0.00000169. The molecular weight excluding hydrogens is 171 g/mol. The van der Waals surface area contributed by atoms with Crippen molar-refractivity contribution < 1.29 is 28.8 Å². The molecule has 0 aliphatic carbocycles. The van der Waals surface area contributed by atoms with E-state index in [1.54, 1.807) is 12.1 Å². The molecule has 0 heterocycles. The summed E-state index contributed by atoms with van der Waals surface area (Å²) >= 11 is 0. The van der Waals surface area contributed by atoms with Gasteiger partial charge in [-0.25, -0.2) is 0 Å². The second kappa shape index (κ2) is 4.68. The Bertz CT molecular complexity index is 309. The van der Waals surface area contributed by atoms with E-state index in [9.17, 15) is 9.90 Å². The first kappa shape index (κ1) is 13.3. The van der Waals surface area contributed by atoms with Crippen LogP contribution in [0.25, 0.3) is 0 Å². The molecule has 0 aromatic heterocycles. The summed E-state index contributed by atoms with van der Waals surface area (Å²) in [6.45, 7) is 6.25. The van der Waals surface area contributed by atoms with Crippen molar-refractivity contribution in [3.05, 3.63) is 35.4 Å². The molecule has 2 nitrogen and oxygen atoms in total. The van der Waals surface area contributed by atoms with E-state index in [-0.39, 0.29) is 29.8 Å². The van der Waals surface area contributed by atoms with Crippen LogP contribution in [0.5, 0.6) is 0 Å². The molecule has 3 heteroatoms. The average molecular weight is 184 g/mol. The first-order chi connectivity index (χ1) is 5.91. The fourth-order valence-corrected chi connectivity index (χ4v) is 1.11. The molecule has 0 spiro atoms. The molecule has 14 heavy (non-hydrogen) atoms. The summed E-state index contributed by atoms with van der Waals surface area (Å²) in [6, 6.07) is 6.81. The van der Waals surface area contributed by atoms with Gasteiger partial charge in [0, 0.05) is 0 Å². The molecule has 0 radical (unpaired) electrons. The SMILES string of the molecule is CC(C)(C)c1ccc(C(=O)[O-])cc1.[Li+]. The van der Waals surface area contributed by atoms with Crippen LogP contribution in [0.3, 0.4) is 0 Å². The third kappa shape index (κ3) is 3.21. The molecule has 0 unspecified atom stereocenters. The van der Waals surface area contributed by atoms with Crippen LogP contribution in [0.4, 0.5) is 0 Å². The molecule has 1 rings (SSSR count). The van der Waals surface area contributed by atoms with Gasteiger partial charge < -0.3 is 9.90 Å². The topological polar surface area (TPSA) is 40.1 Å². The van der Waals surface area contributed by atoms with Gasteiger partial charge in [0.15, 0.2) is 0 Å². The molecule has 1 aromatic carbocycles. The maximum Gasteiger partial charge on any atom is 1.00 e. The first-order valence-electron chi connectivity index (χ1n) is 4.23. The molecular formula is C11H13LiO2. The van der Waals surface area contributed by atoms with E-state index in [1.165, 1.54) is 0 Å². The molecule has 70 valence electrons. The van der Waals surface area contributed by atoms with E-state index in [4.69, 9.17) is 0 Å². The number of benzene rings is 1. The van der Waals surface area contributed by atoms with Crippen molar-refractivity contribution in [3.8, 4) is 0 Å². The number of carboxylic acids is 1. The minimum absolute atomic E-state index is 0. The molecule has 0 bridgehead atoms. The van der Waals surface area contributed by atoms with Crippen LogP contribution in [0.2, 0.25) is 0 Å². The van der Waals surface area contributed by atoms with Crippen LogP contribution in [-0.4, -0.2) is 5.97 Å². The Kier molecular flexibility index (Phi) is 4.44. The number of rotatable bonds is 1. The molecule has 1 aromatic rings. The van der Waals surface area contributed by atoms with Gasteiger partial charge in [0.2, 0.25) is 0 Å². The number of aromatic carboxylic acids is 1. The van der Waals surface area contributed by atoms with Gasteiger partial charge >= 0.3 is 18.9 Å². The van der Waals surface area contributed by atoms with Crippen molar-refractivity contribution in [2.75, 3.05) is 0 Å². The predicted octanol–water partition coefficient (Wildman–Crippen LogP) is -1.65. The van der Waals surface area contributed by atoms with Crippen LogP contribution < -0.4 is 24.0 Å². The Morgan fingerprint density at radius 2 is 1.57 bits per heavy atom. The summed E-state index contributed by atoms with van der Waals surface area (Å²) in [7, 11) is 0. The summed E-state index contributed by atoms with van der Waals surface area (Å²) in [5.41, 5.74) is 1.41. The van der Waals surface area contributed by atoms with Crippen molar-refractivity contribution in [2.45, 2.75) is 26.2 Å². The van der Waals surface area contributed by atoms with Gasteiger partial charge in [0.1, 0.15) is 0 Å². The van der Waals surface area contributed by atoms with Crippen molar-refractivity contribution in [3.63, 3.8) is 0 Å². The molecule has 0 amide bonds. The fourth-order valence-electron chi connectivity index (χ4n) is 1.11. The minimum Gasteiger partial charge on any atom is -0.545 e. The molecule has 0 fully saturated rings. The molecule has 0 aliphatic heterocycles. The van der Waals surface area contributed by atoms with Gasteiger partial charge in [0.05, 0.1) is 5.97 Å². The molecule has 0 saturated carbocycles. The van der Waals surface area contributed by atoms with Crippen molar-refractivity contribution >= 4 is 5.97 Å². The Morgan fingerprint density at radius 1 is 1.14 bits per heavy atom. The summed E-state index contributed by atoms with van der Waals surface area (Å²) in [4.78, 5) is 10.5. The van der Waals surface area contributed by atoms with Crippen LogP contribution in [-0.2, 0) is 5.41 Å². The van der Waals surface area contributed by atoms with Crippen LogP contribution in [0.1, 0.15) is 36.7 Å². The molecule has 0 atom stereocenters. The molecule has 0 saturated heterocycles.